The summed E-state index contributed by atoms with van der Waals surface area (Å²) in [6.45, 7) is 6.50. The third-order valence-corrected chi connectivity index (χ3v) is 3.01. The summed E-state index contributed by atoms with van der Waals surface area (Å²) in [5.74, 6) is 0.768. The molecule has 2 amide bonds. The molecule has 14 heavy (non-hydrogen) atoms. The topological polar surface area (TPSA) is 58.4 Å². The third-order valence-electron chi connectivity index (χ3n) is 3.01. The lowest BCUT2D eigenvalue weighted by molar-refractivity contribution is 0.186. The van der Waals surface area contributed by atoms with Gasteiger partial charge in [-0.3, -0.25) is 0 Å². The van der Waals surface area contributed by atoms with Crippen LogP contribution in [0, 0.1) is 5.92 Å². The normalized spacial score (nSPS) is 19.5. The van der Waals surface area contributed by atoms with E-state index in [1.54, 1.807) is 0 Å². The molecular formula is C10H21N3O. The van der Waals surface area contributed by atoms with Gasteiger partial charge in [0.25, 0.3) is 0 Å². The first kappa shape index (κ1) is 11.3. The van der Waals surface area contributed by atoms with Gasteiger partial charge >= 0.3 is 6.03 Å². The Labute approximate surface area is 85.8 Å². The minimum absolute atomic E-state index is 0.406. The number of urea groups is 1. The molecular weight excluding hydrogens is 178 g/mol. The standard InChI is InChI=1S/C10H21N3O/c1-2-13-7-4-9(5-8-13)3-6-12-10(11)14/h9H,2-8H2,1H3,(H3,11,12,14). The summed E-state index contributed by atoms with van der Waals surface area (Å²) in [7, 11) is 0. The second kappa shape index (κ2) is 5.86. The zero-order chi connectivity index (χ0) is 10.4. The van der Waals surface area contributed by atoms with Gasteiger partial charge in [-0.1, -0.05) is 6.92 Å². The molecule has 0 unspecified atom stereocenters. The zero-order valence-corrected chi connectivity index (χ0v) is 8.96. The average Bonchev–Trinajstić information content (AvgIpc) is 2.18. The number of likely N-dealkylation sites (tertiary alicyclic amines) is 1. The van der Waals surface area contributed by atoms with E-state index in [9.17, 15) is 4.79 Å². The Morgan fingerprint density at radius 3 is 2.64 bits per heavy atom. The molecule has 4 heteroatoms. The molecule has 0 aliphatic carbocycles. The summed E-state index contributed by atoms with van der Waals surface area (Å²) < 4.78 is 0. The Kier molecular flexibility index (Phi) is 4.73. The number of nitrogens with two attached hydrogens (primary N) is 1. The van der Waals surface area contributed by atoms with Crippen LogP contribution in [0.2, 0.25) is 0 Å². The predicted molar refractivity (Wildman–Crippen MR) is 57.0 cm³/mol. The van der Waals surface area contributed by atoms with E-state index in [4.69, 9.17) is 5.73 Å². The van der Waals surface area contributed by atoms with Crippen molar-refractivity contribution in [1.82, 2.24) is 10.2 Å². The van der Waals surface area contributed by atoms with Gasteiger partial charge in [0, 0.05) is 6.54 Å². The van der Waals surface area contributed by atoms with Gasteiger partial charge in [0.15, 0.2) is 0 Å². The Bertz CT molecular complexity index is 176. The van der Waals surface area contributed by atoms with E-state index in [-0.39, 0.29) is 0 Å². The highest BCUT2D eigenvalue weighted by Gasteiger charge is 2.17. The van der Waals surface area contributed by atoms with E-state index >= 15 is 0 Å². The van der Waals surface area contributed by atoms with Crippen LogP contribution < -0.4 is 11.1 Å². The van der Waals surface area contributed by atoms with E-state index in [1.165, 1.54) is 25.9 Å². The van der Waals surface area contributed by atoms with Crippen LogP contribution in [0.4, 0.5) is 4.79 Å². The van der Waals surface area contributed by atoms with Crippen LogP contribution in [0.25, 0.3) is 0 Å². The lowest BCUT2D eigenvalue weighted by Crippen LogP contribution is -2.36. The van der Waals surface area contributed by atoms with Gasteiger partial charge in [0.05, 0.1) is 0 Å². The van der Waals surface area contributed by atoms with Crippen LogP contribution in [0.3, 0.4) is 0 Å². The van der Waals surface area contributed by atoms with E-state index in [0.717, 1.165) is 25.4 Å². The molecule has 0 saturated carbocycles. The van der Waals surface area contributed by atoms with Gasteiger partial charge in [-0.2, -0.15) is 0 Å². The molecule has 1 saturated heterocycles. The molecule has 1 aliphatic heterocycles. The molecule has 0 atom stereocenters. The van der Waals surface area contributed by atoms with Gasteiger partial charge < -0.3 is 16.0 Å². The molecule has 1 fully saturated rings. The molecule has 1 heterocycles. The van der Waals surface area contributed by atoms with Crippen LogP contribution >= 0.6 is 0 Å². The average molecular weight is 199 g/mol. The van der Waals surface area contributed by atoms with Crippen LogP contribution in [-0.4, -0.2) is 37.1 Å². The molecule has 0 aromatic carbocycles. The number of piperidine rings is 1. The van der Waals surface area contributed by atoms with Crippen molar-refractivity contribution in [1.29, 1.82) is 0 Å². The summed E-state index contributed by atoms with van der Waals surface area (Å²) in [4.78, 5) is 12.9. The first-order chi connectivity index (χ1) is 6.72. The maximum atomic E-state index is 10.4. The molecule has 82 valence electrons. The van der Waals surface area contributed by atoms with Crippen LogP contribution in [0.5, 0.6) is 0 Å². The van der Waals surface area contributed by atoms with Crippen LogP contribution in [0.15, 0.2) is 0 Å². The van der Waals surface area contributed by atoms with Gasteiger partial charge in [0.1, 0.15) is 0 Å². The van der Waals surface area contributed by atoms with Crippen LogP contribution in [0.1, 0.15) is 26.2 Å². The summed E-state index contributed by atoms with van der Waals surface area (Å²) >= 11 is 0. The quantitative estimate of drug-likeness (QED) is 0.703. The number of nitrogens with one attached hydrogen (secondary N) is 1. The minimum Gasteiger partial charge on any atom is -0.352 e. The van der Waals surface area contributed by atoms with E-state index in [1.807, 2.05) is 0 Å². The van der Waals surface area contributed by atoms with Crippen molar-refractivity contribution in [3.05, 3.63) is 0 Å². The number of primary amides is 1. The highest BCUT2D eigenvalue weighted by Crippen LogP contribution is 2.19. The van der Waals surface area contributed by atoms with Gasteiger partial charge in [-0.25, -0.2) is 4.79 Å². The van der Waals surface area contributed by atoms with Gasteiger partial charge in [-0.15, -0.1) is 0 Å². The molecule has 0 bridgehead atoms. The van der Waals surface area contributed by atoms with Crippen molar-refractivity contribution < 1.29 is 4.79 Å². The molecule has 1 aliphatic rings. The predicted octanol–water partition coefficient (Wildman–Crippen LogP) is 0.777. The monoisotopic (exact) mass is 199 g/mol. The van der Waals surface area contributed by atoms with Crippen molar-refractivity contribution in [2.24, 2.45) is 11.7 Å². The van der Waals surface area contributed by atoms with E-state index in [2.05, 4.69) is 17.1 Å². The lowest BCUT2D eigenvalue weighted by atomic mass is 9.93. The summed E-state index contributed by atoms with van der Waals surface area (Å²) in [6, 6.07) is -0.406. The number of nitrogens with zero attached hydrogens (tertiary/aromatic N) is 1. The van der Waals surface area contributed by atoms with Gasteiger partial charge in [0.2, 0.25) is 0 Å². The highest BCUT2D eigenvalue weighted by molar-refractivity contribution is 5.71. The SMILES string of the molecule is CCN1CCC(CCNC(N)=O)CC1. The summed E-state index contributed by atoms with van der Waals surface area (Å²) in [6.07, 6.45) is 3.59. The van der Waals surface area contributed by atoms with Crippen molar-refractivity contribution >= 4 is 6.03 Å². The first-order valence-corrected chi connectivity index (χ1v) is 5.48. The maximum absolute atomic E-state index is 10.4. The molecule has 0 spiro atoms. The Morgan fingerprint density at radius 2 is 2.14 bits per heavy atom. The highest BCUT2D eigenvalue weighted by atomic mass is 16.2. The first-order valence-electron chi connectivity index (χ1n) is 5.48. The maximum Gasteiger partial charge on any atom is 0.312 e. The third kappa shape index (κ3) is 3.96. The van der Waals surface area contributed by atoms with Crippen molar-refractivity contribution in [2.75, 3.05) is 26.2 Å². The molecule has 4 nitrogen and oxygen atoms in total. The fraction of sp³-hybridized carbons (Fsp3) is 0.900. The number of carbonyl (C=O) groups is 1. The van der Waals surface area contributed by atoms with E-state index < -0.39 is 6.03 Å². The second-order valence-corrected chi connectivity index (χ2v) is 3.96. The minimum atomic E-state index is -0.406. The van der Waals surface area contributed by atoms with Crippen molar-refractivity contribution in [3.8, 4) is 0 Å². The summed E-state index contributed by atoms with van der Waals surface area (Å²) in [5.41, 5.74) is 4.99. The fourth-order valence-electron chi connectivity index (χ4n) is 1.99. The number of carbonyl (C=O) groups excluding carboxylic acids is 1. The molecule has 3 N–H and O–H groups in total. The Morgan fingerprint density at radius 1 is 1.50 bits per heavy atom. The van der Waals surface area contributed by atoms with Crippen molar-refractivity contribution in [2.45, 2.75) is 26.2 Å². The molecule has 1 rings (SSSR count). The Balaban J connectivity index is 2.07. The smallest absolute Gasteiger partial charge is 0.312 e. The zero-order valence-electron chi connectivity index (χ0n) is 8.96. The lowest BCUT2D eigenvalue weighted by Gasteiger charge is -2.30. The van der Waals surface area contributed by atoms with E-state index in [0.29, 0.717) is 0 Å². The fourth-order valence-corrected chi connectivity index (χ4v) is 1.99. The second-order valence-electron chi connectivity index (χ2n) is 3.96. The van der Waals surface area contributed by atoms with Crippen molar-refractivity contribution in [3.63, 3.8) is 0 Å². The number of amides is 2. The number of hydrogen-bond donors (Lipinski definition) is 2. The number of rotatable bonds is 4. The Hall–Kier alpha value is -0.770. The largest absolute Gasteiger partial charge is 0.352 e. The van der Waals surface area contributed by atoms with Gasteiger partial charge in [-0.05, 0) is 44.8 Å². The molecule has 0 aromatic rings. The summed E-state index contributed by atoms with van der Waals surface area (Å²) in [5, 5.41) is 2.64. The molecule has 0 radical (unpaired) electrons. The number of hydrogen-bond acceptors (Lipinski definition) is 2. The van der Waals surface area contributed by atoms with Crippen LogP contribution in [-0.2, 0) is 0 Å². The molecule has 0 aromatic heterocycles.